The number of rotatable bonds is 6. The minimum Gasteiger partial charge on any atom is -0.444 e. The normalized spacial score (nSPS) is 27.0. The molecule has 2 rings (SSSR count). The number of ether oxygens (including phenoxy) is 2. The van der Waals surface area contributed by atoms with Crippen molar-refractivity contribution in [2.45, 2.75) is 90.3 Å². The fraction of sp³-hybridized carbons (Fsp3) is 0.895. The summed E-state index contributed by atoms with van der Waals surface area (Å²) >= 11 is 0. The van der Waals surface area contributed by atoms with Gasteiger partial charge in [-0.1, -0.05) is 26.2 Å². The molecule has 0 saturated carbocycles. The molecule has 2 aliphatic heterocycles. The Morgan fingerprint density at radius 3 is 2.25 bits per heavy atom. The van der Waals surface area contributed by atoms with Gasteiger partial charge in [0.05, 0.1) is 25.3 Å². The van der Waals surface area contributed by atoms with E-state index in [9.17, 15) is 9.59 Å². The lowest BCUT2D eigenvalue weighted by Gasteiger charge is -2.47. The van der Waals surface area contributed by atoms with Crippen LogP contribution in [0.5, 0.6) is 0 Å². The van der Waals surface area contributed by atoms with E-state index in [4.69, 9.17) is 9.47 Å². The standard InChI is InChI=1S/C19H33NO4/c1-5-6-7-8-9-17(21)14-10-15-12-23-13-16(11-14)20(15)18(22)24-19(2,3)4/h14-16H,5-13H2,1-4H3. The maximum Gasteiger partial charge on any atom is 0.410 e. The first-order valence-electron chi connectivity index (χ1n) is 9.43. The number of carbonyl (C=O) groups is 2. The molecule has 24 heavy (non-hydrogen) atoms. The molecule has 0 aromatic carbocycles. The molecule has 0 spiro atoms. The van der Waals surface area contributed by atoms with E-state index in [1.807, 2.05) is 25.7 Å². The summed E-state index contributed by atoms with van der Waals surface area (Å²) in [6.45, 7) is 8.83. The van der Waals surface area contributed by atoms with Crippen LogP contribution in [-0.2, 0) is 14.3 Å². The third-order valence-electron chi connectivity index (χ3n) is 4.86. The molecule has 0 radical (unpaired) electrons. The number of Topliss-reactive ketones (excluding diaryl/α,β-unsaturated/α-hetero) is 1. The van der Waals surface area contributed by atoms with E-state index in [1.165, 1.54) is 12.8 Å². The van der Waals surface area contributed by atoms with Crippen LogP contribution in [0.2, 0.25) is 0 Å². The molecular weight excluding hydrogens is 306 g/mol. The van der Waals surface area contributed by atoms with Gasteiger partial charge in [-0.05, 0) is 40.0 Å². The lowest BCUT2D eigenvalue weighted by Crippen LogP contribution is -2.60. The highest BCUT2D eigenvalue weighted by molar-refractivity contribution is 5.81. The van der Waals surface area contributed by atoms with E-state index in [0.29, 0.717) is 38.3 Å². The van der Waals surface area contributed by atoms with Crippen LogP contribution in [0.3, 0.4) is 0 Å². The molecule has 2 heterocycles. The topological polar surface area (TPSA) is 55.8 Å². The van der Waals surface area contributed by atoms with Crippen LogP contribution in [0.4, 0.5) is 4.79 Å². The highest BCUT2D eigenvalue weighted by Gasteiger charge is 2.44. The molecule has 2 unspecified atom stereocenters. The molecule has 2 fully saturated rings. The maximum absolute atomic E-state index is 12.5. The lowest BCUT2D eigenvalue weighted by molar-refractivity contribution is -0.132. The zero-order chi connectivity index (χ0) is 17.7. The Hall–Kier alpha value is -1.10. The second-order valence-electron chi connectivity index (χ2n) is 8.18. The Morgan fingerprint density at radius 1 is 1.08 bits per heavy atom. The average Bonchev–Trinajstić information content (AvgIpc) is 2.48. The zero-order valence-corrected chi connectivity index (χ0v) is 15.7. The molecule has 0 aromatic rings. The summed E-state index contributed by atoms with van der Waals surface area (Å²) in [4.78, 5) is 26.9. The van der Waals surface area contributed by atoms with Crippen molar-refractivity contribution in [3.63, 3.8) is 0 Å². The van der Waals surface area contributed by atoms with Gasteiger partial charge >= 0.3 is 6.09 Å². The van der Waals surface area contributed by atoms with Crippen molar-refractivity contribution in [1.29, 1.82) is 0 Å². The summed E-state index contributed by atoms with van der Waals surface area (Å²) in [5.74, 6) is 0.441. The maximum atomic E-state index is 12.5. The van der Waals surface area contributed by atoms with Crippen molar-refractivity contribution in [3.05, 3.63) is 0 Å². The molecule has 2 aliphatic rings. The fourth-order valence-electron chi connectivity index (χ4n) is 3.72. The third kappa shape index (κ3) is 5.20. The Labute approximate surface area is 146 Å². The quantitative estimate of drug-likeness (QED) is 0.688. The Bertz CT molecular complexity index is 429. The van der Waals surface area contributed by atoms with Gasteiger partial charge in [0.25, 0.3) is 0 Å². The molecule has 0 aliphatic carbocycles. The molecule has 1 amide bonds. The van der Waals surface area contributed by atoms with Gasteiger partial charge in [-0.25, -0.2) is 4.79 Å². The third-order valence-corrected chi connectivity index (χ3v) is 4.86. The predicted octanol–water partition coefficient (Wildman–Crippen LogP) is 3.94. The highest BCUT2D eigenvalue weighted by Crippen LogP contribution is 2.34. The van der Waals surface area contributed by atoms with Crippen molar-refractivity contribution < 1.29 is 19.1 Å². The summed E-state index contributed by atoms with van der Waals surface area (Å²) < 4.78 is 11.2. The van der Waals surface area contributed by atoms with Crippen LogP contribution in [0.25, 0.3) is 0 Å². The molecular formula is C19H33NO4. The van der Waals surface area contributed by atoms with E-state index >= 15 is 0 Å². The predicted molar refractivity (Wildman–Crippen MR) is 93.0 cm³/mol. The number of piperidine rings is 1. The minimum absolute atomic E-state index is 0.0306. The Balaban J connectivity index is 1.92. The lowest BCUT2D eigenvalue weighted by atomic mass is 9.81. The highest BCUT2D eigenvalue weighted by atomic mass is 16.6. The van der Waals surface area contributed by atoms with Gasteiger partial charge in [-0.3, -0.25) is 9.69 Å². The summed E-state index contributed by atoms with van der Waals surface area (Å²) in [5.41, 5.74) is -0.502. The van der Waals surface area contributed by atoms with Crippen molar-refractivity contribution in [2.75, 3.05) is 13.2 Å². The van der Waals surface area contributed by atoms with Crippen LogP contribution < -0.4 is 0 Å². The zero-order valence-electron chi connectivity index (χ0n) is 15.7. The molecule has 0 aromatic heterocycles. The number of hydrogen-bond donors (Lipinski definition) is 0. The monoisotopic (exact) mass is 339 g/mol. The first kappa shape index (κ1) is 19.2. The summed E-state index contributed by atoms with van der Waals surface area (Å²) in [5, 5.41) is 0. The molecule has 5 nitrogen and oxygen atoms in total. The number of hydrogen-bond acceptors (Lipinski definition) is 4. The molecule has 2 atom stereocenters. The van der Waals surface area contributed by atoms with E-state index in [1.54, 1.807) is 0 Å². The van der Waals surface area contributed by atoms with Crippen molar-refractivity contribution >= 4 is 11.9 Å². The molecule has 2 bridgehead atoms. The van der Waals surface area contributed by atoms with Crippen LogP contribution in [-0.4, -0.2) is 47.7 Å². The number of amides is 1. The SMILES string of the molecule is CCCCCCC(=O)C1CC2COCC(C1)N2C(=O)OC(C)(C)C. The number of nitrogens with zero attached hydrogens (tertiary/aromatic N) is 1. The summed E-state index contributed by atoms with van der Waals surface area (Å²) in [7, 11) is 0. The minimum atomic E-state index is -0.502. The Kier molecular flexibility index (Phi) is 6.67. The summed E-state index contributed by atoms with van der Waals surface area (Å²) in [6, 6.07) is -0.0612. The molecule has 2 saturated heterocycles. The smallest absolute Gasteiger partial charge is 0.410 e. The van der Waals surface area contributed by atoms with Crippen molar-refractivity contribution in [1.82, 2.24) is 4.90 Å². The van der Waals surface area contributed by atoms with Gasteiger partial charge in [0.1, 0.15) is 11.4 Å². The van der Waals surface area contributed by atoms with Crippen LogP contribution >= 0.6 is 0 Å². The van der Waals surface area contributed by atoms with E-state index in [2.05, 4.69) is 6.92 Å². The first-order chi connectivity index (χ1) is 11.3. The van der Waals surface area contributed by atoms with Gasteiger partial charge in [0.15, 0.2) is 0 Å². The van der Waals surface area contributed by atoms with Crippen LogP contribution in [0.1, 0.15) is 72.6 Å². The molecule has 5 heteroatoms. The van der Waals surface area contributed by atoms with Gasteiger partial charge in [0.2, 0.25) is 0 Å². The van der Waals surface area contributed by atoms with Crippen LogP contribution in [0, 0.1) is 5.92 Å². The Morgan fingerprint density at radius 2 is 1.71 bits per heavy atom. The first-order valence-corrected chi connectivity index (χ1v) is 9.43. The second kappa shape index (κ2) is 8.32. The van der Waals surface area contributed by atoms with E-state index in [-0.39, 0.29) is 24.1 Å². The van der Waals surface area contributed by atoms with Gasteiger partial charge in [0, 0.05) is 12.3 Å². The number of fused-ring (bicyclic) bond motifs is 2. The second-order valence-corrected chi connectivity index (χ2v) is 8.18. The average molecular weight is 339 g/mol. The number of unbranched alkanes of at least 4 members (excludes halogenated alkanes) is 3. The van der Waals surface area contributed by atoms with Crippen LogP contribution in [0.15, 0.2) is 0 Å². The summed E-state index contributed by atoms with van der Waals surface area (Å²) in [6.07, 6.45) is 6.34. The van der Waals surface area contributed by atoms with Crippen molar-refractivity contribution in [3.8, 4) is 0 Å². The largest absolute Gasteiger partial charge is 0.444 e. The molecule has 138 valence electrons. The number of morpholine rings is 1. The van der Waals surface area contributed by atoms with E-state index in [0.717, 1.165) is 12.8 Å². The van der Waals surface area contributed by atoms with Crippen molar-refractivity contribution in [2.24, 2.45) is 5.92 Å². The van der Waals surface area contributed by atoms with E-state index < -0.39 is 5.60 Å². The van der Waals surface area contributed by atoms with Gasteiger partial charge < -0.3 is 9.47 Å². The van der Waals surface area contributed by atoms with Gasteiger partial charge in [-0.15, -0.1) is 0 Å². The number of carbonyl (C=O) groups excluding carboxylic acids is 2. The fourth-order valence-corrected chi connectivity index (χ4v) is 3.72. The van der Waals surface area contributed by atoms with Gasteiger partial charge in [-0.2, -0.15) is 0 Å². The number of ketones is 1. The molecule has 0 N–H and O–H groups in total.